The Morgan fingerprint density at radius 1 is 0.929 bits per heavy atom. The Kier molecular flexibility index (Phi) is 6.78. The van der Waals surface area contributed by atoms with Gasteiger partial charge in [0.25, 0.3) is 0 Å². The van der Waals surface area contributed by atoms with Gasteiger partial charge in [-0.05, 0) is 62.2 Å². The van der Waals surface area contributed by atoms with E-state index in [1.165, 1.54) is 11.3 Å². The maximum atomic E-state index is 4.41. The molecule has 0 radical (unpaired) electrons. The fraction of sp³-hybridized carbons (Fsp3) is 0.318. The molecule has 0 saturated heterocycles. The zero-order valence-electron chi connectivity index (χ0n) is 16.8. The van der Waals surface area contributed by atoms with Gasteiger partial charge < -0.3 is 15.1 Å². The highest BCUT2D eigenvalue weighted by Crippen LogP contribution is 2.21. The van der Waals surface area contributed by atoms with Crippen LogP contribution in [0.2, 0.25) is 0 Å². The topological polar surface area (TPSA) is 57.2 Å². The molecule has 1 aromatic carbocycles. The van der Waals surface area contributed by atoms with Crippen LogP contribution in [0.5, 0.6) is 0 Å². The SMILES string of the molecule is CCN(CC)c1ccc(Nc2cc(N(C)CCc3ccncc3)ncn2)cc1. The minimum atomic E-state index is 0.788. The predicted octanol–water partition coefficient (Wildman–Crippen LogP) is 4.14. The third-order valence-corrected chi connectivity index (χ3v) is 4.80. The Morgan fingerprint density at radius 3 is 2.32 bits per heavy atom. The monoisotopic (exact) mass is 376 g/mol. The van der Waals surface area contributed by atoms with Crippen LogP contribution in [0.25, 0.3) is 0 Å². The Bertz CT molecular complexity index is 846. The zero-order chi connectivity index (χ0) is 19.8. The number of nitrogens with one attached hydrogen (secondary N) is 1. The van der Waals surface area contributed by atoms with Crippen LogP contribution in [0.3, 0.4) is 0 Å². The number of anilines is 4. The lowest BCUT2D eigenvalue weighted by Crippen LogP contribution is -2.21. The summed E-state index contributed by atoms with van der Waals surface area (Å²) in [5.41, 5.74) is 3.51. The molecule has 146 valence electrons. The van der Waals surface area contributed by atoms with Gasteiger partial charge in [0, 0.05) is 56.5 Å². The summed E-state index contributed by atoms with van der Waals surface area (Å²) >= 11 is 0. The minimum Gasteiger partial charge on any atom is -0.372 e. The maximum Gasteiger partial charge on any atom is 0.135 e. The summed E-state index contributed by atoms with van der Waals surface area (Å²) in [5, 5.41) is 3.37. The lowest BCUT2D eigenvalue weighted by atomic mass is 10.2. The summed E-state index contributed by atoms with van der Waals surface area (Å²) in [5.74, 6) is 1.68. The number of rotatable bonds is 9. The van der Waals surface area contributed by atoms with Crippen molar-refractivity contribution in [3.63, 3.8) is 0 Å². The van der Waals surface area contributed by atoms with Gasteiger partial charge in [-0.2, -0.15) is 0 Å². The van der Waals surface area contributed by atoms with Crippen molar-refractivity contribution in [3.05, 3.63) is 66.7 Å². The van der Waals surface area contributed by atoms with Gasteiger partial charge in [0.15, 0.2) is 0 Å². The van der Waals surface area contributed by atoms with E-state index in [9.17, 15) is 0 Å². The summed E-state index contributed by atoms with van der Waals surface area (Å²) in [6.45, 7) is 7.22. The predicted molar refractivity (Wildman–Crippen MR) is 117 cm³/mol. The fourth-order valence-electron chi connectivity index (χ4n) is 3.08. The van der Waals surface area contributed by atoms with Crippen molar-refractivity contribution >= 4 is 23.0 Å². The first-order chi connectivity index (χ1) is 13.7. The van der Waals surface area contributed by atoms with Gasteiger partial charge in [0.1, 0.15) is 18.0 Å². The molecule has 28 heavy (non-hydrogen) atoms. The molecule has 0 bridgehead atoms. The van der Waals surface area contributed by atoms with Gasteiger partial charge in [0.05, 0.1) is 0 Å². The van der Waals surface area contributed by atoms with Crippen LogP contribution in [0.15, 0.2) is 61.2 Å². The summed E-state index contributed by atoms with van der Waals surface area (Å²) < 4.78 is 0. The van der Waals surface area contributed by atoms with Crippen LogP contribution in [0.4, 0.5) is 23.0 Å². The highest BCUT2D eigenvalue weighted by molar-refractivity contribution is 5.62. The van der Waals surface area contributed by atoms with E-state index in [1.54, 1.807) is 6.33 Å². The molecule has 0 aliphatic heterocycles. The first-order valence-corrected chi connectivity index (χ1v) is 9.73. The Balaban J connectivity index is 1.62. The lowest BCUT2D eigenvalue weighted by Gasteiger charge is -2.21. The second-order valence-corrected chi connectivity index (χ2v) is 6.63. The number of hydrogen-bond acceptors (Lipinski definition) is 6. The Morgan fingerprint density at radius 2 is 1.64 bits per heavy atom. The Hall–Kier alpha value is -3.15. The number of nitrogens with zero attached hydrogens (tertiary/aromatic N) is 5. The average molecular weight is 377 g/mol. The molecule has 2 aromatic heterocycles. The summed E-state index contributed by atoms with van der Waals surface area (Å²) in [6.07, 6.45) is 6.20. The van der Waals surface area contributed by atoms with Crippen LogP contribution in [0.1, 0.15) is 19.4 Å². The van der Waals surface area contributed by atoms with Gasteiger partial charge in [-0.3, -0.25) is 4.98 Å². The van der Waals surface area contributed by atoms with Gasteiger partial charge in [-0.1, -0.05) is 0 Å². The molecule has 0 atom stereocenters. The van der Waals surface area contributed by atoms with Crippen LogP contribution in [0, 0.1) is 0 Å². The molecule has 0 spiro atoms. The number of likely N-dealkylation sites (N-methyl/N-ethyl adjacent to an activating group) is 1. The highest BCUT2D eigenvalue weighted by Gasteiger charge is 2.06. The third kappa shape index (κ3) is 5.19. The van der Waals surface area contributed by atoms with Crippen molar-refractivity contribution in [2.45, 2.75) is 20.3 Å². The molecule has 0 aliphatic rings. The zero-order valence-corrected chi connectivity index (χ0v) is 16.8. The molecule has 3 rings (SSSR count). The molecule has 0 unspecified atom stereocenters. The normalized spacial score (nSPS) is 10.5. The summed E-state index contributed by atoms with van der Waals surface area (Å²) in [4.78, 5) is 17.3. The van der Waals surface area contributed by atoms with Crippen molar-refractivity contribution in [2.75, 3.05) is 41.8 Å². The smallest absolute Gasteiger partial charge is 0.135 e. The van der Waals surface area contributed by atoms with Crippen molar-refractivity contribution in [1.29, 1.82) is 0 Å². The molecule has 1 N–H and O–H groups in total. The van der Waals surface area contributed by atoms with Crippen LogP contribution in [-0.4, -0.2) is 41.6 Å². The lowest BCUT2D eigenvalue weighted by molar-refractivity contribution is 0.854. The van der Waals surface area contributed by atoms with Crippen molar-refractivity contribution in [3.8, 4) is 0 Å². The molecule has 0 fully saturated rings. The second-order valence-electron chi connectivity index (χ2n) is 6.63. The van der Waals surface area contributed by atoms with Crippen LogP contribution < -0.4 is 15.1 Å². The molecule has 6 heteroatoms. The third-order valence-electron chi connectivity index (χ3n) is 4.80. The molecule has 0 aliphatic carbocycles. The molecular weight excluding hydrogens is 348 g/mol. The largest absolute Gasteiger partial charge is 0.372 e. The molecule has 0 saturated carbocycles. The molecule has 3 aromatic rings. The van der Waals surface area contributed by atoms with Crippen LogP contribution in [-0.2, 0) is 6.42 Å². The van der Waals surface area contributed by atoms with E-state index >= 15 is 0 Å². The standard InChI is InChI=1S/C22H28N6/c1-4-28(5-2)20-8-6-19(7-9-20)26-21-16-22(25-17-24-21)27(3)15-12-18-10-13-23-14-11-18/h6-11,13-14,16-17H,4-5,12,15H2,1-3H3,(H,24,25,26). The van der Waals surface area contributed by atoms with E-state index in [0.717, 1.165) is 43.4 Å². The Labute approximate surface area is 167 Å². The maximum absolute atomic E-state index is 4.41. The number of aromatic nitrogens is 3. The van der Waals surface area contributed by atoms with E-state index in [4.69, 9.17) is 0 Å². The average Bonchev–Trinajstić information content (AvgIpc) is 2.75. The van der Waals surface area contributed by atoms with Crippen molar-refractivity contribution in [2.24, 2.45) is 0 Å². The first kappa shape index (κ1) is 19.6. The number of hydrogen-bond donors (Lipinski definition) is 1. The summed E-state index contributed by atoms with van der Waals surface area (Å²) in [7, 11) is 2.05. The van der Waals surface area contributed by atoms with Gasteiger partial charge in [-0.25, -0.2) is 9.97 Å². The highest BCUT2D eigenvalue weighted by atomic mass is 15.2. The fourth-order valence-corrected chi connectivity index (χ4v) is 3.08. The van der Waals surface area contributed by atoms with Gasteiger partial charge in [0.2, 0.25) is 0 Å². The van der Waals surface area contributed by atoms with Crippen LogP contribution >= 0.6 is 0 Å². The van der Waals surface area contributed by atoms with E-state index < -0.39 is 0 Å². The molecular formula is C22H28N6. The van der Waals surface area contributed by atoms with Gasteiger partial charge >= 0.3 is 0 Å². The molecule has 2 heterocycles. The van der Waals surface area contributed by atoms with E-state index in [0.29, 0.717) is 0 Å². The van der Waals surface area contributed by atoms with E-state index in [1.807, 2.05) is 37.6 Å². The molecule has 0 amide bonds. The van der Waals surface area contributed by atoms with E-state index in [2.05, 4.69) is 68.2 Å². The van der Waals surface area contributed by atoms with Gasteiger partial charge in [-0.15, -0.1) is 0 Å². The molecule has 6 nitrogen and oxygen atoms in total. The summed E-state index contributed by atoms with van der Waals surface area (Å²) in [6, 6.07) is 14.5. The van der Waals surface area contributed by atoms with Crippen molar-refractivity contribution < 1.29 is 0 Å². The first-order valence-electron chi connectivity index (χ1n) is 9.73. The second kappa shape index (κ2) is 9.69. The number of benzene rings is 1. The number of pyridine rings is 1. The van der Waals surface area contributed by atoms with Crippen molar-refractivity contribution in [1.82, 2.24) is 15.0 Å². The van der Waals surface area contributed by atoms with E-state index in [-0.39, 0.29) is 0 Å². The quantitative estimate of drug-likeness (QED) is 0.606. The minimum absolute atomic E-state index is 0.788.